The fourth-order valence-electron chi connectivity index (χ4n) is 1.77. The molecule has 1 amide bonds. The largest absolute Gasteiger partial charge is 0.325 e. The van der Waals surface area contributed by atoms with Gasteiger partial charge in [0, 0.05) is 6.42 Å². The van der Waals surface area contributed by atoms with Crippen LogP contribution in [0.3, 0.4) is 0 Å². The number of allylic oxidation sites excluding steroid dienone is 2. The van der Waals surface area contributed by atoms with Gasteiger partial charge in [-0.25, -0.2) is 4.98 Å². The molecule has 1 unspecified atom stereocenters. The first-order valence-corrected chi connectivity index (χ1v) is 6.11. The third-order valence-electron chi connectivity index (χ3n) is 2.57. The molecular formula is C12H13BrN2O. The van der Waals surface area contributed by atoms with E-state index in [0.29, 0.717) is 12.3 Å². The van der Waals surface area contributed by atoms with E-state index in [4.69, 9.17) is 0 Å². The highest BCUT2D eigenvalue weighted by Gasteiger charge is 2.13. The first-order chi connectivity index (χ1) is 7.74. The summed E-state index contributed by atoms with van der Waals surface area (Å²) in [5.74, 6) is 0.462. The predicted octanol–water partition coefficient (Wildman–Crippen LogP) is 3.14. The smallest absolute Gasteiger partial charge is 0.225 e. The number of pyridine rings is 1. The van der Waals surface area contributed by atoms with Crippen molar-refractivity contribution >= 4 is 27.5 Å². The van der Waals surface area contributed by atoms with Gasteiger partial charge < -0.3 is 5.32 Å². The van der Waals surface area contributed by atoms with Gasteiger partial charge in [-0.15, -0.1) is 0 Å². The molecule has 0 saturated carbocycles. The number of nitrogens with zero attached hydrogens (tertiary/aromatic N) is 1. The third-order valence-corrected chi connectivity index (χ3v) is 3.04. The van der Waals surface area contributed by atoms with Crippen molar-refractivity contribution in [1.82, 2.24) is 4.98 Å². The van der Waals surface area contributed by atoms with E-state index in [9.17, 15) is 4.79 Å². The minimum Gasteiger partial charge on any atom is -0.325 e. The van der Waals surface area contributed by atoms with Crippen LogP contribution >= 0.6 is 15.9 Å². The molecule has 1 atom stereocenters. The van der Waals surface area contributed by atoms with Crippen molar-refractivity contribution in [3.8, 4) is 0 Å². The highest BCUT2D eigenvalue weighted by atomic mass is 79.9. The Hall–Kier alpha value is -1.16. The Morgan fingerprint density at radius 3 is 3.06 bits per heavy atom. The highest BCUT2D eigenvalue weighted by Crippen LogP contribution is 2.21. The zero-order chi connectivity index (χ0) is 11.4. The number of halogens is 1. The van der Waals surface area contributed by atoms with Crippen LogP contribution in [0.4, 0.5) is 5.69 Å². The molecule has 84 valence electrons. The van der Waals surface area contributed by atoms with Crippen molar-refractivity contribution in [2.75, 3.05) is 5.32 Å². The SMILES string of the molecule is O=C(CC1C=CCC1)Nc1ccc(Br)nc1. The van der Waals surface area contributed by atoms with E-state index in [2.05, 4.69) is 38.4 Å². The summed E-state index contributed by atoms with van der Waals surface area (Å²) in [5, 5.41) is 2.84. The van der Waals surface area contributed by atoms with E-state index < -0.39 is 0 Å². The summed E-state index contributed by atoms with van der Waals surface area (Å²) in [4.78, 5) is 15.7. The lowest BCUT2D eigenvalue weighted by atomic mass is 10.1. The van der Waals surface area contributed by atoms with Crippen LogP contribution in [0.2, 0.25) is 0 Å². The molecule has 2 rings (SSSR count). The molecule has 1 N–H and O–H groups in total. The van der Waals surface area contributed by atoms with Crippen LogP contribution in [-0.4, -0.2) is 10.9 Å². The van der Waals surface area contributed by atoms with Crippen LogP contribution in [0, 0.1) is 5.92 Å². The number of hydrogen-bond donors (Lipinski definition) is 1. The maximum Gasteiger partial charge on any atom is 0.225 e. The van der Waals surface area contributed by atoms with Gasteiger partial charge in [0.2, 0.25) is 5.91 Å². The van der Waals surface area contributed by atoms with E-state index in [1.54, 1.807) is 6.20 Å². The fraction of sp³-hybridized carbons (Fsp3) is 0.333. The molecule has 1 aliphatic rings. The normalized spacial score (nSPS) is 18.7. The standard InChI is InChI=1S/C12H13BrN2O/c13-11-6-5-10(8-14-11)15-12(16)7-9-3-1-2-4-9/h1,3,5-6,8-9H,2,4,7H2,(H,15,16). The van der Waals surface area contributed by atoms with E-state index >= 15 is 0 Å². The number of rotatable bonds is 3. The van der Waals surface area contributed by atoms with Crippen molar-refractivity contribution in [3.05, 3.63) is 35.1 Å². The topological polar surface area (TPSA) is 42.0 Å². The molecule has 0 saturated heterocycles. The molecule has 1 aromatic rings. The predicted molar refractivity (Wildman–Crippen MR) is 67.0 cm³/mol. The second kappa shape index (κ2) is 5.25. The Labute approximate surface area is 103 Å². The van der Waals surface area contributed by atoms with E-state index in [1.165, 1.54) is 0 Å². The Kier molecular flexibility index (Phi) is 3.72. The second-order valence-electron chi connectivity index (χ2n) is 3.89. The van der Waals surface area contributed by atoms with Crippen molar-refractivity contribution in [1.29, 1.82) is 0 Å². The van der Waals surface area contributed by atoms with Crippen LogP contribution < -0.4 is 5.32 Å². The monoisotopic (exact) mass is 280 g/mol. The minimum atomic E-state index is 0.0562. The van der Waals surface area contributed by atoms with Crippen molar-refractivity contribution < 1.29 is 4.79 Å². The quantitative estimate of drug-likeness (QED) is 0.683. The molecule has 3 nitrogen and oxygen atoms in total. The highest BCUT2D eigenvalue weighted by molar-refractivity contribution is 9.10. The average molecular weight is 281 g/mol. The number of anilines is 1. The molecule has 0 fully saturated rings. The van der Waals surface area contributed by atoms with Crippen LogP contribution in [0.15, 0.2) is 35.1 Å². The van der Waals surface area contributed by atoms with E-state index in [0.717, 1.165) is 23.1 Å². The summed E-state index contributed by atoms with van der Waals surface area (Å²) in [6.45, 7) is 0. The lowest BCUT2D eigenvalue weighted by molar-refractivity contribution is -0.116. The molecule has 1 aromatic heterocycles. The minimum absolute atomic E-state index is 0.0562. The van der Waals surface area contributed by atoms with Crippen molar-refractivity contribution in [3.63, 3.8) is 0 Å². The fourth-order valence-corrected chi connectivity index (χ4v) is 2.00. The van der Waals surface area contributed by atoms with Gasteiger partial charge in [-0.05, 0) is 46.8 Å². The Balaban J connectivity index is 1.86. The number of hydrogen-bond acceptors (Lipinski definition) is 2. The first kappa shape index (κ1) is 11.3. The summed E-state index contributed by atoms with van der Waals surface area (Å²) in [7, 11) is 0. The maximum absolute atomic E-state index is 11.7. The van der Waals surface area contributed by atoms with Crippen LogP contribution in [-0.2, 0) is 4.79 Å². The van der Waals surface area contributed by atoms with Gasteiger partial charge in [0.1, 0.15) is 4.60 Å². The number of nitrogens with one attached hydrogen (secondary N) is 1. The van der Waals surface area contributed by atoms with Gasteiger partial charge in [0.25, 0.3) is 0 Å². The summed E-state index contributed by atoms with van der Waals surface area (Å²) >= 11 is 3.25. The Morgan fingerprint density at radius 1 is 1.56 bits per heavy atom. The molecule has 1 aliphatic carbocycles. The van der Waals surface area contributed by atoms with Gasteiger partial charge in [0.15, 0.2) is 0 Å². The average Bonchev–Trinajstić information content (AvgIpc) is 2.74. The third kappa shape index (κ3) is 3.17. The molecule has 0 bridgehead atoms. The molecule has 1 heterocycles. The molecule has 0 radical (unpaired) electrons. The van der Waals surface area contributed by atoms with E-state index in [1.807, 2.05) is 12.1 Å². The summed E-state index contributed by atoms with van der Waals surface area (Å²) in [6, 6.07) is 3.64. The van der Waals surface area contributed by atoms with Crippen LogP contribution in [0.25, 0.3) is 0 Å². The lowest BCUT2D eigenvalue weighted by Gasteiger charge is -2.08. The lowest BCUT2D eigenvalue weighted by Crippen LogP contribution is -2.14. The summed E-state index contributed by atoms with van der Waals surface area (Å²) in [5.41, 5.74) is 0.746. The zero-order valence-electron chi connectivity index (χ0n) is 8.82. The van der Waals surface area contributed by atoms with Gasteiger partial charge in [-0.1, -0.05) is 12.2 Å². The first-order valence-electron chi connectivity index (χ1n) is 5.32. The number of amides is 1. The van der Waals surface area contributed by atoms with Crippen molar-refractivity contribution in [2.24, 2.45) is 5.92 Å². The van der Waals surface area contributed by atoms with E-state index in [-0.39, 0.29) is 5.91 Å². The van der Waals surface area contributed by atoms with Gasteiger partial charge in [0.05, 0.1) is 11.9 Å². The second-order valence-corrected chi connectivity index (χ2v) is 4.70. The molecule has 16 heavy (non-hydrogen) atoms. The molecule has 0 aromatic carbocycles. The summed E-state index contributed by atoms with van der Waals surface area (Å²) < 4.78 is 0.768. The number of carbonyl (C=O) groups is 1. The number of carbonyl (C=O) groups excluding carboxylic acids is 1. The zero-order valence-corrected chi connectivity index (χ0v) is 10.4. The Morgan fingerprint density at radius 2 is 2.44 bits per heavy atom. The van der Waals surface area contributed by atoms with Crippen molar-refractivity contribution in [2.45, 2.75) is 19.3 Å². The maximum atomic E-state index is 11.7. The van der Waals surface area contributed by atoms with Crippen LogP contribution in [0.5, 0.6) is 0 Å². The van der Waals surface area contributed by atoms with Crippen LogP contribution in [0.1, 0.15) is 19.3 Å². The van der Waals surface area contributed by atoms with Gasteiger partial charge >= 0.3 is 0 Å². The Bertz CT molecular complexity index is 400. The van der Waals surface area contributed by atoms with Gasteiger partial charge in [-0.3, -0.25) is 4.79 Å². The van der Waals surface area contributed by atoms with Gasteiger partial charge in [-0.2, -0.15) is 0 Å². The molecule has 0 spiro atoms. The molecule has 4 heteroatoms. The number of aromatic nitrogens is 1. The molecular weight excluding hydrogens is 268 g/mol. The summed E-state index contributed by atoms with van der Waals surface area (Å²) in [6.07, 6.45) is 8.65. The molecule has 0 aliphatic heterocycles.